The normalized spacial score (nSPS) is 12.4. The summed E-state index contributed by atoms with van der Waals surface area (Å²) in [5.41, 5.74) is 6.89. The van der Waals surface area contributed by atoms with Gasteiger partial charge in [-0.25, -0.2) is 4.79 Å². The molecule has 1 rings (SSSR count). The molecule has 0 fully saturated rings. The lowest BCUT2D eigenvalue weighted by Crippen LogP contribution is -2.16. The molecular weight excluding hydrogens is 182 g/mol. The molecule has 0 amide bonds. The van der Waals surface area contributed by atoms with Crippen molar-refractivity contribution in [3.63, 3.8) is 0 Å². The summed E-state index contributed by atoms with van der Waals surface area (Å²) >= 11 is 0. The van der Waals surface area contributed by atoms with Gasteiger partial charge in [0, 0.05) is 7.11 Å². The van der Waals surface area contributed by atoms with Crippen LogP contribution < -0.4 is 5.73 Å². The highest BCUT2D eigenvalue weighted by Crippen LogP contribution is 2.11. The molecule has 76 valence electrons. The fraction of sp³-hybridized carbons (Fsp3) is 0.300. The Hall–Kier alpha value is -1.39. The molecule has 0 aliphatic carbocycles. The van der Waals surface area contributed by atoms with Crippen LogP contribution in [-0.4, -0.2) is 24.8 Å². The Morgan fingerprint density at radius 2 is 2.07 bits per heavy atom. The third-order valence-corrected chi connectivity index (χ3v) is 1.93. The number of carboxylic acids is 1. The van der Waals surface area contributed by atoms with E-state index < -0.39 is 5.97 Å². The zero-order valence-electron chi connectivity index (χ0n) is 7.93. The third-order valence-electron chi connectivity index (χ3n) is 1.93. The first kappa shape index (κ1) is 10.7. The van der Waals surface area contributed by atoms with Crippen molar-refractivity contribution in [2.45, 2.75) is 6.04 Å². The minimum absolute atomic E-state index is 0.206. The number of benzene rings is 1. The first-order valence-corrected chi connectivity index (χ1v) is 4.23. The van der Waals surface area contributed by atoms with Gasteiger partial charge in [0.25, 0.3) is 0 Å². The molecule has 0 aromatic heterocycles. The number of aromatic carboxylic acids is 1. The maximum atomic E-state index is 10.6. The first-order chi connectivity index (χ1) is 6.65. The summed E-state index contributed by atoms with van der Waals surface area (Å²) < 4.78 is 4.89. The SMILES string of the molecule is COCC(N)c1ccc(C(=O)O)cc1. The van der Waals surface area contributed by atoms with Gasteiger partial charge in [-0.15, -0.1) is 0 Å². The number of hydrogen-bond donors (Lipinski definition) is 2. The minimum Gasteiger partial charge on any atom is -0.478 e. The second-order valence-electron chi connectivity index (χ2n) is 2.99. The molecule has 0 spiro atoms. The van der Waals surface area contributed by atoms with Gasteiger partial charge < -0.3 is 15.6 Å². The number of carboxylic acid groups (broad SMARTS) is 1. The predicted octanol–water partition coefficient (Wildman–Crippen LogP) is 1.03. The Balaban J connectivity index is 2.77. The van der Waals surface area contributed by atoms with Crippen LogP contribution in [0.1, 0.15) is 22.0 Å². The number of ether oxygens (including phenoxy) is 1. The van der Waals surface area contributed by atoms with E-state index in [1.54, 1.807) is 19.2 Å². The van der Waals surface area contributed by atoms with E-state index in [-0.39, 0.29) is 11.6 Å². The van der Waals surface area contributed by atoms with Gasteiger partial charge in [0.1, 0.15) is 0 Å². The van der Waals surface area contributed by atoms with Crippen molar-refractivity contribution in [1.29, 1.82) is 0 Å². The highest BCUT2D eigenvalue weighted by molar-refractivity contribution is 5.87. The van der Waals surface area contributed by atoms with Crippen LogP contribution in [0.4, 0.5) is 0 Å². The smallest absolute Gasteiger partial charge is 0.335 e. The van der Waals surface area contributed by atoms with E-state index in [1.165, 1.54) is 12.1 Å². The van der Waals surface area contributed by atoms with Crippen LogP contribution >= 0.6 is 0 Å². The Morgan fingerprint density at radius 3 is 2.50 bits per heavy atom. The summed E-state index contributed by atoms with van der Waals surface area (Å²) in [6, 6.07) is 6.27. The number of hydrogen-bond acceptors (Lipinski definition) is 3. The Labute approximate surface area is 82.3 Å². The third kappa shape index (κ3) is 2.55. The standard InChI is InChI=1S/C10H13NO3/c1-14-6-9(11)7-2-4-8(5-3-7)10(12)13/h2-5,9H,6,11H2,1H3,(H,12,13). The lowest BCUT2D eigenvalue weighted by molar-refractivity contribution is 0.0697. The topological polar surface area (TPSA) is 72.5 Å². The molecular formula is C10H13NO3. The summed E-state index contributed by atoms with van der Waals surface area (Å²) in [5.74, 6) is -0.933. The largest absolute Gasteiger partial charge is 0.478 e. The molecule has 1 aromatic carbocycles. The Bertz CT molecular complexity index is 308. The van der Waals surface area contributed by atoms with Crippen molar-refractivity contribution in [2.24, 2.45) is 5.73 Å². The van der Waals surface area contributed by atoms with Gasteiger partial charge in [0.2, 0.25) is 0 Å². The van der Waals surface area contributed by atoms with Crippen LogP contribution in [0.3, 0.4) is 0 Å². The molecule has 0 aliphatic rings. The van der Waals surface area contributed by atoms with Gasteiger partial charge in [0.15, 0.2) is 0 Å². The van der Waals surface area contributed by atoms with E-state index in [1.807, 2.05) is 0 Å². The number of rotatable bonds is 4. The molecule has 0 bridgehead atoms. The second-order valence-corrected chi connectivity index (χ2v) is 2.99. The lowest BCUT2D eigenvalue weighted by Gasteiger charge is -2.10. The van der Waals surface area contributed by atoms with E-state index >= 15 is 0 Å². The number of methoxy groups -OCH3 is 1. The van der Waals surface area contributed by atoms with Crippen molar-refractivity contribution >= 4 is 5.97 Å². The van der Waals surface area contributed by atoms with Gasteiger partial charge in [0.05, 0.1) is 18.2 Å². The summed E-state index contributed by atoms with van der Waals surface area (Å²) in [6.07, 6.45) is 0. The van der Waals surface area contributed by atoms with Gasteiger partial charge in [-0.05, 0) is 17.7 Å². The van der Waals surface area contributed by atoms with Crippen molar-refractivity contribution in [1.82, 2.24) is 0 Å². The van der Waals surface area contributed by atoms with Crippen LogP contribution in [-0.2, 0) is 4.74 Å². The Kier molecular flexibility index (Phi) is 3.62. The summed E-state index contributed by atoms with van der Waals surface area (Å²) in [7, 11) is 1.57. The average molecular weight is 195 g/mol. The van der Waals surface area contributed by atoms with Crippen LogP contribution in [0.25, 0.3) is 0 Å². The van der Waals surface area contributed by atoms with Crippen molar-refractivity contribution < 1.29 is 14.6 Å². The maximum Gasteiger partial charge on any atom is 0.335 e. The van der Waals surface area contributed by atoms with Crippen molar-refractivity contribution in [3.8, 4) is 0 Å². The van der Waals surface area contributed by atoms with E-state index in [0.29, 0.717) is 6.61 Å². The highest BCUT2D eigenvalue weighted by Gasteiger charge is 2.06. The fourth-order valence-corrected chi connectivity index (χ4v) is 1.15. The summed E-state index contributed by atoms with van der Waals surface area (Å²) in [5, 5.41) is 8.66. The molecule has 0 saturated heterocycles. The van der Waals surface area contributed by atoms with Gasteiger partial charge in [-0.2, -0.15) is 0 Å². The van der Waals surface area contributed by atoms with Gasteiger partial charge in [-0.3, -0.25) is 0 Å². The zero-order chi connectivity index (χ0) is 10.6. The summed E-state index contributed by atoms with van der Waals surface area (Å²) in [4.78, 5) is 10.6. The van der Waals surface area contributed by atoms with E-state index in [0.717, 1.165) is 5.56 Å². The van der Waals surface area contributed by atoms with Crippen LogP contribution in [0.5, 0.6) is 0 Å². The molecule has 0 radical (unpaired) electrons. The Morgan fingerprint density at radius 1 is 1.50 bits per heavy atom. The number of nitrogens with two attached hydrogens (primary N) is 1. The van der Waals surface area contributed by atoms with E-state index in [9.17, 15) is 4.79 Å². The molecule has 1 atom stereocenters. The maximum absolute atomic E-state index is 10.6. The quantitative estimate of drug-likeness (QED) is 0.752. The first-order valence-electron chi connectivity index (χ1n) is 4.23. The molecule has 4 heteroatoms. The number of carbonyl (C=O) groups is 1. The molecule has 14 heavy (non-hydrogen) atoms. The monoisotopic (exact) mass is 195 g/mol. The van der Waals surface area contributed by atoms with Crippen molar-refractivity contribution in [3.05, 3.63) is 35.4 Å². The predicted molar refractivity (Wildman–Crippen MR) is 52.2 cm³/mol. The highest BCUT2D eigenvalue weighted by atomic mass is 16.5. The van der Waals surface area contributed by atoms with Crippen LogP contribution in [0.2, 0.25) is 0 Å². The minimum atomic E-state index is -0.933. The molecule has 0 heterocycles. The second kappa shape index (κ2) is 4.74. The fourth-order valence-electron chi connectivity index (χ4n) is 1.15. The molecule has 1 unspecified atom stereocenters. The van der Waals surface area contributed by atoms with Crippen molar-refractivity contribution in [2.75, 3.05) is 13.7 Å². The molecule has 4 nitrogen and oxygen atoms in total. The van der Waals surface area contributed by atoms with Crippen LogP contribution in [0.15, 0.2) is 24.3 Å². The molecule has 0 aliphatic heterocycles. The van der Waals surface area contributed by atoms with Gasteiger partial charge >= 0.3 is 5.97 Å². The van der Waals surface area contributed by atoms with E-state index in [4.69, 9.17) is 15.6 Å². The zero-order valence-corrected chi connectivity index (χ0v) is 7.93. The summed E-state index contributed by atoms with van der Waals surface area (Å²) in [6.45, 7) is 0.423. The molecule has 0 saturated carbocycles. The molecule has 3 N–H and O–H groups in total. The van der Waals surface area contributed by atoms with Gasteiger partial charge in [-0.1, -0.05) is 12.1 Å². The van der Waals surface area contributed by atoms with E-state index in [2.05, 4.69) is 0 Å². The molecule has 1 aromatic rings. The lowest BCUT2D eigenvalue weighted by atomic mass is 10.1. The average Bonchev–Trinajstić information content (AvgIpc) is 2.18. The van der Waals surface area contributed by atoms with Crippen LogP contribution in [0, 0.1) is 0 Å².